The van der Waals surface area contributed by atoms with Gasteiger partial charge in [0.05, 0.1) is 60.9 Å². The van der Waals surface area contributed by atoms with Gasteiger partial charge in [-0.05, 0) is 71.3 Å². The number of nitrogens with zero attached hydrogens (tertiary/aromatic N) is 5. The number of aryl methyl sites for hydroxylation is 1. The van der Waals surface area contributed by atoms with Crippen LogP contribution in [0.5, 0.6) is 0 Å². The zero-order chi connectivity index (χ0) is 40.7. The van der Waals surface area contributed by atoms with Crippen molar-refractivity contribution in [3.05, 3.63) is 66.4 Å². The second-order valence-electron chi connectivity index (χ2n) is 15.7. The SMILES string of the molecule is CC[C@H]1OC(=O)C[C@@H](O)[C@H](C)[C@@H](O[C@@H]2O[C@H](C)C(O)C(N(C)C)C2O)[C@@H](CCn2cc(-c3ccc4ccccc4n3)nn2)C[C@@H](C)C(=O)/C=C/C(C)=C/[C@@H]1CO. The van der Waals surface area contributed by atoms with Crippen LogP contribution in [0.3, 0.4) is 0 Å². The molecule has 56 heavy (non-hydrogen) atoms. The maximum absolute atomic E-state index is 13.7. The topological polar surface area (TPSA) is 190 Å². The normalized spacial score (nSPS) is 34.2. The van der Waals surface area contributed by atoms with Gasteiger partial charge in [0.1, 0.15) is 17.9 Å². The molecule has 12 atom stereocenters. The van der Waals surface area contributed by atoms with Crippen LogP contribution in [-0.4, -0.2) is 127 Å². The van der Waals surface area contributed by atoms with Crippen LogP contribution in [0.2, 0.25) is 0 Å². The van der Waals surface area contributed by atoms with Crippen molar-refractivity contribution in [2.75, 3.05) is 20.7 Å². The minimum absolute atomic E-state index is 0.121. The fourth-order valence-corrected chi connectivity index (χ4v) is 7.89. The van der Waals surface area contributed by atoms with Crippen LogP contribution in [0, 0.1) is 23.7 Å². The molecule has 1 aromatic carbocycles. The van der Waals surface area contributed by atoms with E-state index in [0.717, 1.165) is 16.5 Å². The average Bonchev–Trinajstić information content (AvgIpc) is 3.66. The molecule has 3 aromatic rings. The van der Waals surface area contributed by atoms with Gasteiger partial charge in [0.15, 0.2) is 12.1 Å². The molecule has 2 aliphatic rings. The maximum atomic E-state index is 13.7. The lowest BCUT2D eigenvalue weighted by Crippen LogP contribution is -2.63. The first-order valence-corrected chi connectivity index (χ1v) is 19.7. The summed E-state index contributed by atoms with van der Waals surface area (Å²) in [6, 6.07) is 11.0. The van der Waals surface area contributed by atoms with Gasteiger partial charge in [0, 0.05) is 29.7 Å². The molecule has 2 aliphatic heterocycles. The number of aliphatic hydroxyl groups excluding tert-OH is 4. The number of carbonyl (C=O) groups is 2. The largest absolute Gasteiger partial charge is 0.462 e. The van der Waals surface area contributed by atoms with Crippen molar-refractivity contribution < 1.29 is 44.2 Å². The number of cyclic esters (lactones) is 1. The van der Waals surface area contributed by atoms with Crippen LogP contribution in [0.15, 0.2) is 66.4 Å². The van der Waals surface area contributed by atoms with Gasteiger partial charge in [-0.3, -0.25) is 14.3 Å². The van der Waals surface area contributed by atoms with Gasteiger partial charge < -0.3 is 39.5 Å². The van der Waals surface area contributed by atoms with Crippen LogP contribution >= 0.6 is 0 Å². The number of hydrogen-bond donors (Lipinski definition) is 4. The molecular weight excluding hydrogens is 718 g/mol. The van der Waals surface area contributed by atoms with E-state index in [4.69, 9.17) is 19.2 Å². The van der Waals surface area contributed by atoms with Crippen molar-refractivity contribution in [3.63, 3.8) is 0 Å². The van der Waals surface area contributed by atoms with Gasteiger partial charge >= 0.3 is 5.97 Å². The quantitative estimate of drug-likeness (QED) is 0.231. The number of pyridine rings is 1. The fourth-order valence-electron chi connectivity index (χ4n) is 7.89. The molecule has 0 bridgehead atoms. The molecule has 1 fully saturated rings. The van der Waals surface area contributed by atoms with Gasteiger partial charge in [-0.15, -0.1) is 5.10 Å². The number of benzene rings is 1. The Morgan fingerprint density at radius 3 is 2.46 bits per heavy atom. The summed E-state index contributed by atoms with van der Waals surface area (Å²) in [7, 11) is 3.50. The van der Waals surface area contributed by atoms with Crippen molar-refractivity contribution in [3.8, 4) is 11.4 Å². The van der Waals surface area contributed by atoms with Gasteiger partial charge in [0.25, 0.3) is 0 Å². The number of ether oxygens (including phenoxy) is 3. The van der Waals surface area contributed by atoms with Crippen LogP contribution in [0.4, 0.5) is 0 Å². The van der Waals surface area contributed by atoms with E-state index in [0.29, 0.717) is 37.2 Å². The first-order valence-electron chi connectivity index (χ1n) is 19.7. The Balaban J connectivity index is 1.50. The Labute approximate surface area is 329 Å². The number of likely N-dealkylation sites (N-methyl/N-ethyl adjacent to an activating group) is 1. The summed E-state index contributed by atoms with van der Waals surface area (Å²) in [6.45, 7) is 9.07. The Morgan fingerprint density at radius 2 is 1.75 bits per heavy atom. The molecule has 306 valence electrons. The standard InChI is InChI=1S/C42H59N5O9/c1-8-36-30(23-48)19-24(2)13-16-34(49)25(3)20-29(17-18-47-22-33(44-45-47)32-15-14-28-11-9-10-12-31(28)43-32)41(26(4)35(50)21-37(51)55-36)56-42-40(53)38(46(6)7)39(52)27(5)54-42/h9-16,19,22,25-27,29-30,35-36,38-42,48,50,52-53H,8,17-18,20-21,23H2,1-7H3/b16-13+,24-19+/t25-,26+,27-,29+,30-,35-,36-,38?,39?,40?,41-,42+/m1/s1. The summed E-state index contributed by atoms with van der Waals surface area (Å²) < 4.78 is 20.3. The molecule has 2 aromatic heterocycles. The molecule has 14 nitrogen and oxygen atoms in total. The molecule has 4 heterocycles. The lowest BCUT2D eigenvalue weighted by Gasteiger charge is -2.46. The summed E-state index contributed by atoms with van der Waals surface area (Å²) in [5.41, 5.74) is 2.83. The Morgan fingerprint density at radius 1 is 1.00 bits per heavy atom. The summed E-state index contributed by atoms with van der Waals surface area (Å²) in [6.07, 6.45) is 0.716. The number of para-hydroxylation sites is 1. The van der Waals surface area contributed by atoms with E-state index >= 15 is 0 Å². The second-order valence-corrected chi connectivity index (χ2v) is 15.7. The first-order chi connectivity index (χ1) is 26.7. The van der Waals surface area contributed by atoms with Gasteiger partial charge in [0.2, 0.25) is 0 Å². The molecule has 14 heteroatoms. The number of carbonyl (C=O) groups excluding carboxylic acids is 2. The number of aliphatic hydroxyl groups is 4. The lowest BCUT2D eigenvalue weighted by atomic mass is 9.79. The highest BCUT2D eigenvalue weighted by atomic mass is 16.7. The monoisotopic (exact) mass is 777 g/mol. The molecule has 0 amide bonds. The van der Waals surface area contributed by atoms with Gasteiger partial charge in [-0.2, -0.15) is 0 Å². The minimum atomic E-state index is -1.27. The van der Waals surface area contributed by atoms with Crippen molar-refractivity contribution >= 4 is 22.7 Å². The van der Waals surface area contributed by atoms with Crippen molar-refractivity contribution in [2.45, 2.75) is 116 Å². The van der Waals surface area contributed by atoms with E-state index in [1.54, 1.807) is 49.7 Å². The summed E-state index contributed by atoms with van der Waals surface area (Å²) in [5, 5.41) is 54.1. The van der Waals surface area contributed by atoms with Gasteiger partial charge in [-0.1, -0.05) is 68.0 Å². The Kier molecular flexibility index (Phi) is 15.1. The van der Waals surface area contributed by atoms with E-state index in [9.17, 15) is 30.0 Å². The van der Waals surface area contributed by atoms with Crippen molar-refractivity contribution in [2.24, 2.45) is 23.7 Å². The van der Waals surface area contributed by atoms with Crippen LogP contribution < -0.4 is 0 Å². The van der Waals surface area contributed by atoms with Crippen molar-refractivity contribution in [1.82, 2.24) is 24.9 Å². The van der Waals surface area contributed by atoms with Crippen LogP contribution in [0.25, 0.3) is 22.3 Å². The predicted molar refractivity (Wildman–Crippen MR) is 210 cm³/mol. The summed E-state index contributed by atoms with van der Waals surface area (Å²) in [4.78, 5) is 33.5. The zero-order valence-corrected chi connectivity index (χ0v) is 33.5. The number of rotatable bonds is 9. The van der Waals surface area contributed by atoms with Gasteiger partial charge in [-0.25, -0.2) is 4.98 Å². The van der Waals surface area contributed by atoms with E-state index in [1.165, 1.54) is 6.08 Å². The number of ketones is 1. The number of esters is 1. The Bertz CT molecular complexity index is 1830. The second kappa shape index (κ2) is 19.5. The average molecular weight is 778 g/mol. The number of aromatic nitrogens is 4. The van der Waals surface area contributed by atoms with E-state index in [1.807, 2.05) is 63.4 Å². The first kappa shape index (κ1) is 43.2. The third kappa shape index (κ3) is 10.5. The van der Waals surface area contributed by atoms with Crippen LogP contribution in [0.1, 0.15) is 60.3 Å². The molecule has 4 N–H and O–H groups in total. The maximum Gasteiger partial charge on any atom is 0.308 e. The molecular formula is C42H59N5O9. The van der Waals surface area contributed by atoms with Crippen LogP contribution in [-0.2, 0) is 30.3 Å². The number of hydrogen-bond acceptors (Lipinski definition) is 13. The molecule has 1 saturated heterocycles. The molecule has 3 unspecified atom stereocenters. The number of allylic oxidation sites excluding steroid dienone is 3. The molecule has 0 aliphatic carbocycles. The molecule has 5 rings (SSSR count). The summed E-state index contributed by atoms with van der Waals surface area (Å²) >= 11 is 0. The number of fused-ring (bicyclic) bond motifs is 1. The van der Waals surface area contributed by atoms with E-state index < -0.39 is 78.6 Å². The van der Waals surface area contributed by atoms with Crippen molar-refractivity contribution in [1.29, 1.82) is 0 Å². The highest BCUT2D eigenvalue weighted by molar-refractivity contribution is 5.91. The highest BCUT2D eigenvalue weighted by Crippen LogP contribution is 2.35. The fraction of sp³-hybridized carbons (Fsp3) is 0.595. The molecule has 0 saturated carbocycles. The molecule has 0 spiro atoms. The predicted octanol–water partition coefficient (Wildman–Crippen LogP) is 3.71. The lowest BCUT2D eigenvalue weighted by molar-refractivity contribution is -0.304. The third-order valence-corrected chi connectivity index (χ3v) is 11.3. The smallest absolute Gasteiger partial charge is 0.308 e. The Hall–Kier alpha value is -3.89. The minimum Gasteiger partial charge on any atom is -0.462 e. The molecule has 0 radical (unpaired) electrons. The third-order valence-electron chi connectivity index (χ3n) is 11.3. The summed E-state index contributed by atoms with van der Waals surface area (Å²) in [5.74, 6) is -2.90. The van der Waals surface area contributed by atoms with E-state index in [-0.39, 0.29) is 18.8 Å². The zero-order valence-electron chi connectivity index (χ0n) is 33.5. The highest BCUT2D eigenvalue weighted by Gasteiger charge is 2.47. The van der Waals surface area contributed by atoms with E-state index in [2.05, 4.69) is 10.3 Å².